The van der Waals surface area contributed by atoms with Crippen molar-refractivity contribution in [3.63, 3.8) is 0 Å². The van der Waals surface area contributed by atoms with E-state index in [1.165, 1.54) is 12.0 Å². The van der Waals surface area contributed by atoms with Gasteiger partial charge in [-0.1, -0.05) is 30.3 Å². The van der Waals surface area contributed by atoms with Gasteiger partial charge in [0.2, 0.25) is 5.91 Å². The van der Waals surface area contributed by atoms with Crippen LogP contribution in [0.4, 0.5) is 0 Å². The van der Waals surface area contributed by atoms with E-state index in [1.807, 2.05) is 4.90 Å². The van der Waals surface area contributed by atoms with Gasteiger partial charge in [0.25, 0.3) is 0 Å². The molecule has 2 fully saturated rings. The summed E-state index contributed by atoms with van der Waals surface area (Å²) in [5, 5.41) is 12.9. The fourth-order valence-electron chi connectivity index (χ4n) is 3.72. The standard InChI is InChI=1S/C19H25N3O/c1-15(23)22-11-8-19(7-10-20,9-12-22)14-21-18-13-17(18)16-5-3-2-4-6-16/h2-6,17-18,21H,7-9,11-14H2,1H3. The van der Waals surface area contributed by atoms with Gasteiger partial charge in [0.15, 0.2) is 0 Å². The molecule has 1 heterocycles. The van der Waals surface area contributed by atoms with E-state index in [0.29, 0.717) is 18.4 Å². The Morgan fingerprint density at radius 1 is 1.35 bits per heavy atom. The maximum Gasteiger partial charge on any atom is 0.219 e. The van der Waals surface area contributed by atoms with Crippen LogP contribution in [0.3, 0.4) is 0 Å². The summed E-state index contributed by atoms with van der Waals surface area (Å²) in [5.74, 6) is 0.766. The van der Waals surface area contributed by atoms with Gasteiger partial charge in [0, 0.05) is 44.9 Å². The first kappa shape index (κ1) is 16.0. The Morgan fingerprint density at radius 2 is 2.04 bits per heavy atom. The van der Waals surface area contributed by atoms with Gasteiger partial charge in [0.05, 0.1) is 6.07 Å². The molecular formula is C19H25N3O. The van der Waals surface area contributed by atoms with Gasteiger partial charge in [-0.2, -0.15) is 5.26 Å². The van der Waals surface area contributed by atoms with E-state index in [-0.39, 0.29) is 11.3 Å². The van der Waals surface area contributed by atoms with Crippen molar-refractivity contribution in [3.05, 3.63) is 35.9 Å². The third-order valence-corrected chi connectivity index (χ3v) is 5.48. The molecule has 1 N–H and O–H groups in total. The molecule has 1 saturated carbocycles. The van der Waals surface area contributed by atoms with Gasteiger partial charge in [-0.05, 0) is 30.2 Å². The third kappa shape index (κ3) is 3.73. The minimum atomic E-state index is 0.0323. The SMILES string of the molecule is CC(=O)N1CCC(CC#N)(CNC2CC2c2ccccc2)CC1. The number of hydrogen-bond donors (Lipinski definition) is 1. The highest BCUT2D eigenvalue weighted by molar-refractivity contribution is 5.73. The number of benzene rings is 1. The fourth-order valence-corrected chi connectivity index (χ4v) is 3.72. The molecule has 1 aliphatic carbocycles. The number of carbonyl (C=O) groups excluding carboxylic acids is 1. The predicted molar refractivity (Wildman–Crippen MR) is 89.7 cm³/mol. The molecule has 4 nitrogen and oxygen atoms in total. The molecule has 3 rings (SSSR count). The van der Waals surface area contributed by atoms with Gasteiger partial charge in [-0.25, -0.2) is 0 Å². The molecular weight excluding hydrogens is 286 g/mol. The van der Waals surface area contributed by atoms with E-state index in [9.17, 15) is 10.1 Å². The summed E-state index contributed by atoms with van der Waals surface area (Å²) in [6, 6.07) is 13.5. The summed E-state index contributed by atoms with van der Waals surface area (Å²) in [7, 11) is 0. The summed E-state index contributed by atoms with van der Waals surface area (Å²) in [6.45, 7) is 4.08. The lowest BCUT2D eigenvalue weighted by Gasteiger charge is -2.40. The number of rotatable bonds is 5. The van der Waals surface area contributed by atoms with Gasteiger partial charge < -0.3 is 10.2 Å². The monoisotopic (exact) mass is 311 g/mol. The highest BCUT2D eigenvalue weighted by atomic mass is 16.2. The van der Waals surface area contributed by atoms with Crippen LogP contribution in [0.25, 0.3) is 0 Å². The maximum absolute atomic E-state index is 11.5. The lowest BCUT2D eigenvalue weighted by Crippen LogP contribution is -2.46. The van der Waals surface area contributed by atoms with Gasteiger partial charge in [-0.3, -0.25) is 4.79 Å². The lowest BCUT2D eigenvalue weighted by atomic mass is 9.76. The van der Waals surface area contributed by atoms with Crippen molar-refractivity contribution in [2.24, 2.45) is 5.41 Å². The topological polar surface area (TPSA) is 56.1 Å². The quantitative estimate of drug-likeness (QED) is 0.909. The molecule has 1 aromatic carbocycles. The van der Waals surface area contributed by atoms with Crippen molar-refractivity contribution in [2.45, 2.75) is 44.6 Å². The average molecular weight is 311 g/mol. The molecule has 0 aromatic heterocycles. The predicted octanol–water partition coefficient (Wildman–Crippen LogP) is 2.67. The number of likely N-dealkylation sites (tertiary alicyclic amines) is 1. The van der Waals surface area contributed by atoms with Crippen LogP contribution >= 0.6 is 0 Å². The first-order valence-electron chi connectivity index (χ1n) is 8.54. The second kappa shape index (κ2) is 6.72. The Hall–Kier alpha value is -1.86. The lowest BCUT2D eigenvalue weighted by molar-refractivity contribution is -0.131. The van der Waals surface area contributed by atoms with Crippen molar-refractivity contribution in [2.75, 3.05) is 19.6 Å². The summed E-state index contributed by atoms with van der Waals surface area (Å²) in [6.07, 6.45) is 3.62. The summed E-state index contributed by atoms with van der Waals surface area (Å²) >= 11 is 0. The average Bonchev–Trinajstić information content (AvgIpc) is 3.34. The van der Waals surface area contributed by atoms with Crippen molar-refractivity contribution < 1.29 is 4.79 Å². The minimum absolute atomic E-state index is 0.0323. The zero-order valence-electron chi connectivity index (χ0n) is 13.8. The number of nitriles is 1. The Balaban J connectivity index is 1.53. The van der Waals surface area contributed by atoms with Crippen LogP contribution in [0.2, 0.25) is 0 Å². The smallest absolute Gasteiger partial charge is 0.219 e. The molecule has 0 spiro atoms. The van der Waals surface area contributed by atoms with Crippen LogP contribution < -0.4 is 5.32 Å². The zero-order chi connectivity index (χ0) is 16.3. The number of piperidine rings is 1. The Labute approximate surface area is 138 Å². The van der Waals surface area contributed by atoms with Crippen LogP contribution in [-0.4, -0.2) is 36.5 Å². The molecule has 1 aromatic rings. The van der Waals surface area contributed by atoms with E-state index >= 15 is 0 Å². The van der Waals surface area contributed by atoms with Gasteiger partial charge >= 0.3 is 0 Å². The molecule has 23 heavy (non-hydrogen) atoms. The summed E-state index contributed by atoms with van der Waals surface area (Å²) < 4.78 is 0. The van der Waals surface area contributed by atoms with E-state index in [2.05, 4.69) is 41.7 Å². The van der Waals surface area contributed by atoms with Gasteiger partial charge in [0.1, 0.15) is 0 Å². The second-order valence-corrected chi connectivity index (χ2v) is 7.08. The molecule has 2 atom stereocenters. The minimum Gasteiger partial charge on any atom is -0.343 e. The zero-order valence-corrected chi connectivity index (χ0v) is 13.8. The molecule has 0 bridgehead atoms. The third-order valence-electron chi connectivity index (χ3n) is 5.48. The fraction of sp³-hybridized carbons (Fsp3) is 0.579. The number of nitrogens with one attached hydrogen (secondary N) is 1. The van der Waals surface area contributed by atoms with Crippen LogP contribution in [0, 0.1) is 16.7 Å². The summed E-state index contributed by atoms with van der Waals surface area (Å²) in [4.78, 5) is 13.4. The number of carbonyl (C=O) groups is 1. The molecule has 0 radical (unpaired) electrons. The molecule has 1 amide bonds. The molecule has 2 aliphatic rings. The highest BCUT2D eigenvalue weighted by Gasteiger charge is 2.41. The molecule has 4 heteroatoms. The first-order chi connectivity index (χ1) is 11.1. The normalized spacial score (nSPS) is 25.7. The Kier molecular flexibility index (Phi) is 4.68. The Bertz CT molecular complexity index is 584. The largest absolute Gasteiger partial charge is 0.343 e. The van der Waals surface area contributed by atoms with Crippen LogP contribution in [0.1, 0.15) is 44.1 Å². The van der Waals surface area contributed by atoms with E-state index < -0.39 is 0 Å². The molecule has 1 aliphatic heterocycles. The number of amides is 1. The van der Waals surface area contributed by atoms with Crippen molar-refractivity contribution >= 4 is 5.91 Å². The van der Waals surface area contributed by atoms with Crippen molar-refractivity contribution in [1.82, 2.24) is 10.2 Å². The second-order valence-electron chi connectivity index (χ2n) is 7.08. The molecule has 122 valence electrons. The Morgan fingerprint density at radius 3 is 2.65 bits per heavy atom. The van der Waals surface area contributed by atoms with Crippen LogP contribution in [-0.2, 0) is 4.79 Å². The van der Waals surface area contributed by atoms with Crippen molar-refractivity contribution in [1.29, 1.82) is 5.26 Å². The van der Waals surface area contributed by atoms with Gasteiger partial charge in [-0.15, -0.1) is 0 Å². The summed E-state index contributed by atoms with van der Waals surface area (Å²) in [5.41, 5.74) is 1.44. The van der Waals surface area contributed by atoms with E-state index in [4.69, 9.17) is 0 Å². The van der Waals surface area contributed by atoms with Crippen molar-refractivity contribution in [3.8, 4) is 6.07 Å². The first-order valence-corrected chi connectivity index (χ1v) is 8.54. The highest BCUT2D eigenvalue weighted by Crippen LogP contribution is 2.42. The van der Waals surface area contributed by atoms with Crippen LogP contribution in [0.5, 0.6) is 0 Å². The van der Waals surface area contributed by atoms with E-state index in [0.717, 1.165) is 32.5 Å². The van der Waals surface area contributed by atoms with Crippen LogP contribution in [0.15, 0.2) is 30.3 Å². The maximum atomic E-state index is 11.5. The van der Waals surface area contributed by atoms with E-state index in [1.54, 1.807) is 6.92 Å². The number of nitrogens with zero attached hydrogens (tertiary/aromatic N) is 2. The molecule has 1 saturated heterocycles. The molecule has 2 unspecified atom stereocenters. The number of hydrogen-bond acceptors (Lipinski definition) is 3.